The molecule has 0 saturated heterocycles. The standard InChI is InChI=1S/C18H23N5O2/c1-22(2)18(25)12-8-9-13-14(10-12)23(16(20)17(24)21-13)15(19)11-6-4-3-5-7-11/h8-11,19-20H,3-7H2,1-2H3,(H,21,24). The summed E-state index contributed by atoms with van der Waals surface area (Å²) in [6.07, 6.45) is 5.09. The molecule has 132 valence electrons. The molecule has 1 aliphatic carbocycles. The number of aromatic amines is 1. The Morgan fingerprint density at radius 2 is 1.92 bits per heavy atom. The van der Waals surface area contributed by atoms with Crippen molar-refractivity contribution in [1.82, 2.24) is 14.5 Å². The van der Waals surface area contributed by atoms with Crippen LogP contribution in [-0.2, 0) is 0 Å². The monoisotopic (exact) mass is 341 g/mol. The Morgan fingerprint density at radius 1 is 1.24 bits per heavy atom. The number of benzene rings is 1. The Hall–Kier alpha value is -2.70. The third-order valence-corrected chi connectivity index (χ3v) is 4.81. The average molecular weight is 341 g/mol. The number of hydrogen-bond donors (Lipinski definition) is 3. The highest BCUT2D eigenvalue weighted by molar-refractivity contribution is 5.99. The molecule has 2 aromatic rings. The normalized spacial score (nSPS) is 15.3. The first-order valence-corrected chi connectivity index (χ1v) is 8.54. The topological polar surface area (TPSA) is 106 Å². The molecule has 0 aliphatic heterocycles. The third-order valence-electron chi connectivity index (χ3n) is 4.81. The molecule has 0 spiro atoms. The third kappa shape index (κ3) is 3.14. The van der Waals surface area contributed by atoms with Crippen molar-refractivity contribution < 1.29 is 4.79 Å². The van der Waals surface area contributed by atoms with Crippen LogP contribution in [0.3, 0.4) is 0 Å². The molecule has 7 heteroatoms. The molecule has 7 nitrogen and oxygen atoms in total. The number of hydrogen-bond acceptors (Lipinski definition) is 4. The Morgan fingerprint density at radius 3 is 2.56 bits per heavy atom. The fraction of sp³-hybridized carbons (Fsp3) is 0.444. The van der Waals surface area contributed by atoms with Gasteiger partial charge in [0.2, 0.25) is 0 Å². The maximum absolute atomic E-state index is 12.3. The minimum absolute atomic E-state index is 0.0426. The quantitative estimate of drug-likeness (QED) is 0.573. The van der Waals surface area contributed by atoms with E-state index < -0.39 is 5.56 Å². The number of nitrogens with one attached hydrogen (secondary N) is 3. The van der Waals surface area contributed by atoms with Crippen molar-refractivity contribution >= 4 is 22.8 Å². The molecule has 1 heterocycles. The Kier molecular flexibility index (Phi) is 4.57. The molecule has 0 bridgehead atoms. The maximum Gasteiger partial charge on any atom is 0.291 e. The van der Waals surface area contributed by atoms with Gasteiger partial charge in [0.25, 0.3) is 11.5 Å². The highest BCUT2D eigenvalue weighted by Gasteiger charge is 2.22. The summed E-state index contributed by atoms with van der Waals surface area (Å²) in [5.41, 5.74) is 0.719. The number of nitrogens with zero attached hydrogens (tertiary/aromatic N) is 2. The summed E-state index contributed by atoms with van der Waals surface area (Å²) in [6, 6.07) is 4.97. The summed E-state index contributed by atoms with van der Waals surface area (Å²) in [5.74, 6) is 0.159. The summed E-state index contributed by atoms with van der Waals surface area (Å²) in [7, 11) is 3.35. The van der Waals surface area contributed by atoms with E-state index in [0.29, 0.717) is 16.6 Å². The Bertz CT molecular complexity index is 948. The van der Waals surface area contributed by atoms with Crippen LogP contribution in [0.25, 0.3) is 11.0 Å². The highest BCUT2D eigenvalue weighted by Crippen LogP contribution is 2.25. The van der Waals surface area contributed by atoms with E-state index in [9.17, 15) is 9.59 Å². The van der Waals surface area contributed by atoms with Crippen molar-refractivity contribution in [3.63, 3.8) is 0 Å². The molecule has 3 N–H and O–H groups in total. The van der Waals surface area contributed by atoms with Crippen LogP contribution in [0.5, 0.6) is 0 Å². The predicted molar refractivity (Wildman–Crippen MR) is 96.1 cm³/mol. The van der Waals surface area contributed by atoms with E-state index in [1.165, 1.54) is 15.9 Å². The van der Waals surface area contributed by atoms with Crippen LogP contribution < -0.4 is 11.0 Å². The van der Waals surface area contributed by atoms with Gasteiger partial charge in [-0.05, 0) is 31.0 Å². The lowest BCUT2D eigenvalue weighted by molar-refractivity contribution is 0.0827. The number of aromatic nitrogens is 2. The van der Waals surface area contributed by atoms with E-state index in [2.05, 4.69) is 4.98 Å². The van der Waals surface area contributed by atoms with Gasteiger partial charge in [0.05, 0.1) is 11.0 Å². The first kappa shape index (κ1) is 17.1. The lowest BCUT2D eigenvalue weighted by atomic mass is 9.88. The number of carbonyl (C=O) groups excluding carboxylic acids is 1. The van der Waals surface area contributed by atoms with Gasteiger partial charge in [0.1, 0.15) is 5.84 Å². The van der Waals surface area contributed by atoms with E-state index in [1.807, 2.05) is 0 Å². The van der Waals surface area contributed by atoms with Crippen LogP contribution in [0.15, 0.2) is 23.0 Å². The van der Waals surface area contributed by atoms with Crippen molar-refractivity contribution in [3.8, 4) is 0 Å². The molecule has 3 rings (SSSR count). The molecule has 0 atom stereocenters. The van der Waals surface area contributed by atoms with Crippen molar-refractivity contribution in [2.24, 2.45) is 5.92 Å². The van der Waals surface area contributed by atoms with Gasteiger partial charge < -0.3 is 9.88 Å². The number of amides is 1. The molecule has 25 heavy (non-hydrogen) atoms. The van der Waals surface area contributed by atoms with E-state index in [1.54, 1.807) is 32.3 Å². The van der Waals surface area contributed by atoms with Crippen LogP contribution >= 0.6 is 0 Å². The fourth-order valence-electron chi connectivity index (χ4n) is 3.43. The maximum atomic E-state index is 12.3. The van der Waals surface area contributed by atoms with Gasteiger partial charge in [0.15, 0.2) is 5.49 Å². The molecular weight excluding hydrogens is 318 g/mol. The lowest BCUT2D eigenvalue weighted by Gasteiger charge is -2.24. The first-order valence-electron chi connectivity index (χ1n) is 8.54. The van der Waals surface area contributed by atoms with Crippen LogP contribution in [-0.4, -0.2) is 40.3 Å². The van der Waals surface area contributed by atoms with Crippen molar-refractivity contribution in [3.05, 3.63) is 39.6 Å². The molecule has 1 saturated carbocycles. The van der Waals surface area contributed by atoms with Crippen molar-refractivity contribution in [1.29, 1.82) is 10.8 Å². The van der Waals surface area contributed by atoms with Gasteiger partial charge in [-0.15, -0.1) is 0 Å². The second kappa shape index (κ2) is 6.66. The van der Waals surface area contributed by atoms with Crippen LogP contribution in [0.4, 0.5) is 0 Å². The van der Waals surface area contributed by atoms with E-state index in [-0.39, 0.29) is 23.1 Å². The fourth-order valence-corrected chi connectivity index (χ4v) is 3.43. The zero-order valence-corrected chi connectivity index (χ0v) is 14.6. The minimum Gasteiger partial charge on any atom is -0.345 e. The molecule has 1 aromatic heterocycles. The number of carbonyl (C=O) groups is 1. The Balaban J connectivity index is 2.20. The molecule has 1 aliphatic rings. The zero-order valence-electron chi connectivity index (χ0n) is 14.6. The first-order chi connectivity index (χ1) is 11.9. The predicted octanol–water partition coefficient (Wildman–Crippen LogP) is 1.92. The van der Waals surface area contributed by atoms with Gasteiger partial charge >= 0.3 is 0 Å². The summed E-state index contributed by atoms with van der Waals surface area (Å²) in [4.78, 5) is 28.5. The second-order valence-corrected chi connectivity index (χ2v) is 6.79. The lowest BCUT2D eigenvalue weighted by Crippen LogP contribution is -2.42. The average Bonchev–Trinajstić information content (AvgIpc) is 2.62. The van der Waals surface area contributed by atoms with Crippen molar-refractivity contribution in [2.75, 3.05) is 14.1 Å². The number of fused-ring (bicyclic) bond motifs is 1. The zero-order chi connectivity index (χ0) is 18.1. The molecule has 1 aromatic carbocycles. The Labute approximate surface area is 145 Å². The largest absolute Gasteiger partial charge is 0.345 e. The molecule has 0 unspecified atom stereocenters. The summed E-state index contributed by atoms with van der Waals surface area (Å²) in [5, 5.41) is 16.8. The molecular formula is C18H23N5O2. The van der Waals surface area contributed by atoms with Crippen molar-refractivity contribution in [2.45, 2.75) is 32.1 Å². The van der Waals surface area contributed by atoms with Crippen LogP contribution in [0.1, 0.15) is 42.5 Å². The van der Waals surface area contributed by atoms with Gasteiger partial charge in [0, 0.05) is 25.6 Å². The van der Waals surface area contributed by atoms with Gasteiger partial charge in [-0.1, -0.05) is 19.3 Å². The molecule has 1 amide bonds. The molecule has 1 fully saturated rings. The summed E-state index contributed by atoms with van der Waals surface area (Å²) < 4.78 is 1.40. The highest BCUT2D eigenvalue weighted by atomic mass is 16.2. The molecule has 0 radical (unpaired) electrons. The van der Waals surface area contributed by atoms with E-state index in [0.717, 1.165) is 25.7 Å². The van der Waals surface area contributed by atoms with Crippen LogP contribution in [0.2, 0.25) is 0 Å². The number of H-pyrrole nitrogens is 1. The smallest absolute Gasteiger partial charge is 0.291 e. The SMILES string of the molecule is CN(C)C(=O)c1ccc2[nH]c(=O)c(=N)n(C(=N)C3CCCCC3)c2c1. The minimum atomic E-state index is -0.528. The van der Waals surface area contributed by atoms with Gasteiger partial charge in [-0.2, -0.15) is 0 Å². The second-order valence-electron chi connectivity index (χ2n) is 6.79. The number of rotatable bonds is 2. The van der Waals surface area contributed by atoms with E-state index >= 15 is 0 Å². The van der Waals surface area contributed by atoms with Gasteiger partial charge in [-0.3, -0.25) is 25.0 Å². The summed E-state index contributed by atoms with van der Waals surface area (Å²) >= 11 is 0. The van der Waals surface area contributed by atoms with Crippen LogP contribution in [0, 0.1) is 16.7 Å². The van der Waals surface area contributed by atoms with E-state index in [4.69, 9.17) is 10.8 Å². The summed E-state index contributed by atoms with van der Waals surface area (Å²) in [6.45, 7) is 0. The van der Waals surface area contributed by atoms with Gasteiger partial charge in [-0.25, -0.2) is 0 Å².